The van der Waals surface area contributed by atoms with Gasteiger partial charge < -0.3 is 14.5 Å². The van der Waals surface area contributed by atoms with Gasteiger partial charge in [0.2, 0.25) is 0 Å². The molecule has 0 saturated carbocycles. The number of benzene rings is 1. The highest BCUT2D eigenvalue weighted by Crippen LogP contribution is 2.26. The van der Waals surface area contributed by atoms with Crippen LogP contribution in [0.2, 0.25) is 0 Å². The monoisotopic (exact) mass is 356 g/mol. The molecule has 0 spiro atoms. The largest absolute Gasteiger partial charge is 0.484 e. The third kappa shape index (κ3) is 4.88. The lowest BCUT2D eigenvalue weighted by Crippen LogP contribution is -2.38. The van der Waals surface area contributed by atoms with Crippen molar-refractivity contribution in [2.45, 2.75) is 39.7 Å². The van der Waals surface area contributed by atoms with E-state index in [0.29, 0.717) is 6.54 Å². The maximum Gasteiger partial charge on any atom is 0.258 e. The Hall–Kier alpha value is -2.27. The van der Waals surface area contributed by atoms with Gasteiger partial charge in [0, 0.05) is 6.54 Å². The van der Waals surface area contributed by atoms with E-state index in [1.165, 1.54) is 12.8 Å². The molecule has 5 heteroatoms. The first-order valence-corrected chi connectivity index (χ1v) is 9.29. The van der Waals surface area contributed by atoms with Crippen LogP contribution >= 0.6 is 0 Å². The highest BCUT2D eigenvalue weighted by Gasteiger charge is 2.26. The Bertz CT molecular complexity index is 727. The number of amides is 1. The zero-order chi connectivity index (χ0) is 18.5. The van der Waals surface area contributed by atoms with Crippen LogP contribution in [0.15, 0.2) is 34.7 Å². The molecule has 0 bridgehead atoms. The fourth-order valence-corrected chi connectivity index (χ4v) is 3.52. The second kappa shape index (κ2) is 8.41. The third-order valence-electron chi connectivity index (χ3n) is 4.73. The van der Waals surface area contributed by atoms with E-state index in [4.69, 9.17) is 9.15 Å². The van der Waals surface area contributed by atoms with E-state index in [9.17, 15) is 4.79 Å². The summed E-state index contributed by atoms with van der Waals surface area (Å²) in [6.07, 6.45) is 2.39. The van der Waals surface area contributed by atoms with Crippen LogP contribution in [-0.2, 0) is 4.79 Å². The topological polar surface area (TPSA) is 54.7 Å². The minimum atomic E-state index is -0.114. The molecule has 2 aromatic rings. The van der Waals surface area contributed by atoms with Gasteiger partial charge in [-0.1, -0.05) is 6.07 Å². The number of nitrogens with zero attached hydrogens (tertiary/aromatic N) is 1. The quantitative estimate of drug-likeness (QED) is 0.824. The maximum atomic E-state index is 12.3. The molecule has 5 nitrogen and oxygen atoms in total. The number of ether oxygens (including phenoxy) is 1. The molecule has 140 valence electrons. The minimum Gasteiger partial charge on any atom is -0.484 e. The van der Waals surface area contributed by atoms with E-state index in [1.54, 1.807) is 0 Å². The molecule has 1 atom stereocenters. The third-order valence-corrected chi connectivity index (χ3v) is 4.73. The molecule has 0 radical (unpaired) electrons. The Morgan fingerprint density at radius 1 is 1.15 bits per heavy atom. The lowest BCUT2D eigenvalue weighted by atomic mass is 10.1. The minimum absolute atomic E-state index is 0.0206. The Balaban J connectivity index is 1.55. The van der Waals surface area contributed by atoms with E-state index in [1.807, 2.05) is 45.0 Å². The smallest absolute Gasteiger partial charge is 0.258 e. The number of carbonyl (C=O) groups excluding carboxylic acids is 1. The van der Waals surface area contributed by atoms with E-state index in [0.717, 1.165) is 41.5 Å². The molecule has 0 aliphatic carbocycles. The highest BCUT2D eigenvalue weighted by molar-refractivity contribution is 5.77. The van der Waals surface area contributed by atoms with Gasteiger partial charge in [0.05, 0.1) is 6.04 Å². The van der Waals surface area contributed by atoms with Gasteiger partial charge in [-0.3, -0.25) is 9.69 Å². The summed E-state index contributed by atoms with van der Waals surface area (Å²) in [5.41, 5.74) is 2.25. The second-order valence-corrected chi connectivity index (χ2v) is 7.12. The van der Waals surface area contributed by atoms with Crippen molar-refractivity contribution < 1.29 is 13.9 Å². The van der Waals surface area contributed by atoms with Gasteiger partial charge in [0.15, 0.2) is 6.61 Å². The van der Waals surface area contributed by atoms with Gasteiger partial charge in [0.1, 0.15) is 17.3 Å². The number of hydrogen-bond acceptors (Lipinski definition) is 4. The zero-order valence-corrected chi connectivity index (χ0v) is 15.9. The van der Waals surface area contributed by atoms with Crippen LogP contribution in [0, 0.1) is 20.8 Å². The van der Waals surface area contributed by atoms with Crippen LogP contribution in [0.5, 0.6) is 5.75 Å². The predicted molar refractivity (Wildman–Crippen MR) is 101 cm³/mol. The second-order valence-electron chi connectivity index (χ2n) is 7.12. The fraction of sp³-hybridized carbons (Fsp3) is 0.476. The average Bonchev–Trinajstić information content (AvgIpc) is 3.25. The molecule has 3 rings (SSSR count). The summed E-state index contributed by atoms with van der Waals surface area (Å²) < 4.78 is 11.5. The zero-order valence-electron chi connectivity index (χ0n) is 15.9. The van der Waals surface area contributed by atoms with Crippen molar-refractivity contribution in [2.24, 2.45) is 0 Å². The Kier molecular flexibility index (Phi) is 5.99. The SMILES string of the molecule is Cc1cc(C)cc(OCC(=O)NC[C@@H](c2ccc(C)o2)N2CCCC2)c1. The Morgan fingerprint density at radius 2 is 1.85 bits per heavy atom. The van der Waals surface area contributed by atoms with Crippen molar-refractivity contribution in [1.82, 2.24) is 10.2 Å². The summed E-state index contributed by atoms with van der Waals surface area (Å²) in [5.74, 6) is 2.43. The van der Waals surface area contributed by atoms with Gasteiger partial charge in [-0.15, -0.1) is 0 Å². The molecular weight excluding hydrogens is 328 g/mol. The molecule has 1 N–H and O–H groups in total. The van der Waals surface area contributed by atoms with Gasteiger partial charge in [-0.25, -0.2) is 0 Å². The van der Waals surface area contributed by atoms with Crippen LogP contribution < -0.4 is 10.1 Å². The summed E-state index contributed by atoms with van der Waals surface area (Å²) in [6.45, 7) is 8.62. The molecule has 1 aromatic heterocycles. The Labute approximate surface area is 155 Å². The van der Waals surface area contributed by atoms with Gasteiger partial charge in [0.25, 0.3) is 5.91 Å². The van der Waals surface area contributed by atoms with Gasteiger partial charge in [-0.2, -0.15) is 0 Å². The van der Waals surface area contributed by atoms with Crippen LogP contribution in [0.3, 0.4) is 0 Å². The lowest BCUT2D eigenvalue weighted by Gasteiger charge is -2.26. The normalized spacial score (nSPS) is 15.8. The van der Waals surface area contributed by atoms with E-state index in [2.05, 4.69) is 16.3 Å². The highest BCUT2D eigenvalue weighted by atomic mass is 16.5. The van der Waals surface area contributed by atoms with Crippen LogP contribution in [-0.4, -0.2) is 37.0 Å². The molecular formula is C21H28N2O3. The number of furan rings is 1. The van der Waals surface area contributed by atoms with E-state index < -0.39 is 0 Å². The molecule has 1 aromatic carbocycles. The molecule has 26 heavy (non-hydrogen) atoms. The first-order valence-electron chi connectivity index (χ1n) is 9.29. The fourth-order valence-electron chi connectivity index (χ4n) is 3.52. The first kappa shape index (κ1) is 18.5. The van der Waals surface area contributed by atoms with Crippen molar-refractivity contribution in [1.29, 1.82) is 0 Å². The average molecular weight is 356 g/mol. The van der Waals surface area contributed by atoms with Crippen LogP contribution in [0.4, 0.5) is 0 Å². The number of hydrogen-bond donors (Lipinski definition) is 1. The van der Waals surface area contributed by atoms with Crippen molar-refractivity contribution in [3.8, 4) is 5.75 Å². The van der Waals surface area contributed by atoms with Crippen molar-refractivity contribution in [3.05, 3.63) is 53.0 Å². The number of nitrogens with one attached hydrogen (secondary N) is 1. The molecule has 1 saturated heterocycles. The van der Waals surface area contributed by atoms with Crippen LogP contribution in [0.1, 0.15) is 41.5 Å². The summed E-state index contributed by atoms with van der Waals surface area (Å²) in [7, 11) is 0. The van der Waals surface area contributed by atoms with Gasteiger partial charge in [-0.05, 0) is 82.1 Å². The molecule has 2 heterocycles. The summed E-state index contributed by atoms with van der Waals surface area (Å²) in [4.78, 5) is 14.6. The predicted octanol–water partition coefficient (Wildman–Crippen LogP) is 3.54. The number of rotatable bonds is 7. The maximum absolute atomic E-state index is 12.3. The van der Waals surface area contributed by atoms with Gasteiger partial charge >= 0.3 is 0 Å². The van der Waals surface area contributed by atoms with Crippen molar-refractivity contribution in [3.63, 3.8) is 0 Å². The standard InChI is InChI=1S/C21H28N2O3/c1-15-10-16(2)12-18(11-15)25-14-21(24)22-13-19(23-8-4-5-9-23)20-7-6-17(3)26-20/h6-7,10-12,19H,4-5,8-9,13-14H2,1-3H3,(H,22,24)/t19-/m0/s1. The first-order chi connectivity index (χ1) is 12.5. The van der Waals surface area contributed by atoms with Crippen LogP contribution in [0.25, 0.3) is 0 Å². The summed E-state index contributed by atoms with van der Waals surface area (Å²) in [5, 5.41) is 3.00. The lowest BCUT2D eigenvalue weighted by molar-refractivity contribution is -0.123. The Morgan fingerprint density at radius 3 is 2.46 bits per heavy atom. The molecule has 1 fully saturated rings. The van der Waals surface area contributed by atoms with E-state index in [-0.39, 0.29) is 18.6 Å². The molecule has 1 amide bonds. The number of likely N-dealkylation sites (tertiary alicyclic amines) is 1. The molecule has 0 unspecified atom stereocenters. The van der Waals surface area contributed by atoms with Crippen molar-refractivity contribution in [2.75, 3.05) is 26.2 Å². The molecule has 1 aliphatic rings. The molecule has 1 aliphatic heterocycles. The summed E-state index contributed by atoms with van der Waals surface area (Å²) >= 11 is 0. The number of carbonyl (C=O) groups is 1. The van der Waals surface area contributed by atoms with E-state index >= 15 is 0 Å². The summed E-state index contributed by atoms with van der Waals surface area (Å²) in [6, 6.07) is 10.0. The number of aryl methyl sites for hydroxylation is 3. The van der Waals surface area contributed by atoms with Crippen molar-refractivity contribution >= 4 is 5.91 Å².